The average molecular weight is 819 g/mol. The molecule has 0 bridgehead atoms. The summed E-state index contributed by atoms with van der Waals surface area (Å²) in [4.78, 5) is 34.5. The summed E-state index contributed by atoms with van der Waals surface area (Å²) in [5.41, 5.74) is 0. The molecule has 11 heteroatoms. The third kappa shape index (κ3) is 39.5. The van der Waals surface area contributed by atoms with Crippen molar-refractivity contribution in [1.82, 2.24) is 0 Å². The van der Waals surface area contributed by atoms with Crippen molar-refractivity contribution < 1.29 is 47.8 Å². The second kappa shape index (κ2) is 41.9. The van der Waals surface area contributed by atoms with E-state index in [1.165, 1.54) is 128 Å². The minimum Gasteiger partial charge on any atom is -0.457 e. The Balaban J connectivity index is 3.84. The van der Waals surface area contributed by atoms with Gasteiger partial charge >= 0.3 is 19.8 Å². The minimum absolute atomic E-state index is 0.185. The molecule has 0 fully saturated rings. The van der Waals surface area contributed by atoms with E-state index in [1.54, 1.807) is 0 Å². The highest BCUT2D eigenvalue weighted by Crippen LogP contribution is 2.43. The monoisotopic (exact) mass is 819 g/mol. The molecular formula is C45H87O10P. The van der Waals surface area contributed by atoms with Crippen molar-refractivity contribution >= 4 is 19.8 Å². The first-order chi connectivity index (χ1) is 27.3. The van der Waals surface area contributed by atoms with Crippen LogP contribution in [-0.2, 0) is 32.7 Å². The van der Waals surface area contributed by atoms with Gasteiger partial charge in [-0.25, -0.2) is 4.57 Å². The van der Waals surface area contributed by atoms with Gasteiger partial charge < -0.3 is 24.6 Å². The average Bonchev–Trinajstić information content (AvgIpc) is 3.19. The Morgan fingerprint density at radius 2 is 0.732 bits per heavy atom. The molecule has 0 heterocycles. The van der Waals surface area contributed by atoms with E-state index in [0.29, 0.717) is 12.8 Å². The minimum atomic E-state index is -4.63. The molecule has 3 N–H and O–H groups in total. The van der Waals surface area contributed by atoms with Gasteiger partial charge in [0.05, 0.1) is 26.4 Å². The van der Waals surface area contributed by atoms with Crippen LogP contribution in [0.5, 0.6) is 0 Å². The van der Waals surface area contributed by atoms with E-state index >= 15 is 0 Å². The maximum atomic E-state index is 12.4. The van der Waals surface area contributed by atoms with Crippen LogP contribution >= 0.6 is 7.82 Å². The number of phosphoric ester groups is 1. The van der Waals surface area contributed by atoms with E-state index in [-0.39, 0.29) is 12.8 Å². The SMILES string of the molecule is CCCCCC/C=C\CCCCCCCC(=O)OC(CO)COP(=O)(O)OCC(CO)OC(=O)CCCCCCCCCCCCCCCCCCCCCC. The van der Waals surface area contributed by atoms with Gasteiger partial charge in [0.25, 0.3) is 0 Å². The maximum Gasteiger partial charge on any atom is 0.472 e. The summed E-state index contributed by atoms with van der Waals surface area (Å²) in [6, 6.07) is 0. The van der Waals surface area contributed by atoms with E-state index in [1.807, 2.05) is 0 Å². The van der Waals surface area contributed by atoms with E-state index < -0.39 is 58.4 Å². The van der Waals surface area contributed by atoms with Crippen LogP contribution in [0.15, 0.2) is 12.2 Å². The Kier molecular flexibility index (Phi) is 40.9. The van der Waals surface area contributed by atoms with Crippen LogP contribution in [0.1, 0.15) is 226 Å². The predicted molar refractivity (Wildman–Crippen MR) is 229 cm³/mol. The number of carbonyl (C=O) groups is 2. The van der Waals surface area contributed by atoms with Gasteiger partial charge in [-0.1, -0.05) is 187 Å². The lowest BCUT2D eigenvalue weighted by Gasteiger charge is -2.20. The van der Waals surface area contributed by atoms with Crippen LogP contribution in [0.4, 0.5) is 0 Å². The molecule has 0 saturated heterocycles. The van der Waals surface area contributed by atoms with Gasteiger partial charge in [-0.05, 0) is 38.5 Å². The lowest BCUT2D eigenvalue weighted by molar-refractivity contribution is -0.153. The maximum absolute atomic E-state index is 12.4. The lowest BCUT2D eigenvalue weighted by atomic mass is 10.0. The van der Waals surface area contributed by atoms with Crippen LogP contribution in [0.25, 0.3) is 0 Å². The fraction of sp³-hybridized carbons (Fsp3) is 0.911. The summed E-state index contributed by atoms with van der Waals surface area (Å²) < 4.78 is 32.6. The highest BCUT2D eigenvalue weighted by molar-refractivity contribution is 7.47. The molecular weight excluding hydrogens is 731 g/mol. The zero-order valence-electron chi connectivity index (χ0n) is 36.1. The third-order valence-corrected chi connectivity index (χ3v) is 11.2. The Hall–Kier alpha value is -1.29. The molecule has 0 aliphatic carbocycles. The zero-order valence-corrected chi connectivity index (χ0v) is 37.0. The van der Waals surface area contributed by atoms with Gasteiger partial charge in [0.2, 0.25) is 0 Å². The Morgan fingerprint density at radius 3 is 1.04 bits per heavy atom. The normalized spacial score (nSPS) is 13.9. The molecule has 10 nitrogen and oxygen atoms in total. The number of aliphatic hydroxyl groups excluding tert-OH is 2. The summed E-state index contributed by atoms with van der Waals surface area (Å²) >= 11 is 0. The second-order valence-electron chi connectivity index (χ2n) is 15.7. The zero-order chi connectivity index (χ0) is 41.2. The lowest BCUT2D eigenvalue weighted by Crippen LogP contribution is -2.28. The van der Waals surface area contributed by atoms with Crippen LogP contribution in [0.2, 0.25) is 0 Å². The number of hydrogen-bond acceptors (Lipinski definition) is 9. The van der Waals surface area contributed by atoms with Gasteiger partial charge in [0.15, 0.2) is 0 Å². The number of esters is 2. The Morgan fingerprint density at radius 1 is 0.464 bits per heavy atom. The summed E-state index contributed by atoms with van der Waals surface area (Å²) in [5, 5.41) is 19.2. The van der Waals surface area contributed by atoms with E-state index in [4.69, 9.17) is 18.5 Å². The largest absolute Gasteiger partial charge is 0.472 e. The predicted octanol–water partition coefficient (Wildman–Crippen LogP) is 12.4. The molecule has 3 atom stereocenters. The molecule has 0 aliphatic heterocycles. The van der Waals surface area contributed by atoms with Crippen molar-refractivity contribution in [3.05, 3.63) is 12.2 Å². The van der Waals surface area contributed by atoms with Crippen LogP contribution in [0.3, 0.4) is 0 Å². The molecule has 0 aromatic heterocycles. The smallest absolute Gasteiger partial charge is 0.457 e. The van der Waals surface area contributed by atoms with Gasteiger partial charge in [-0.2, -0.15) is 0 Å². The van der Waals surface area contributed by atoms with Crippen LogP contribution < -0.4 is 0 Å². The summed E-state index contributed by atoms with van der Waals surface area (Å²) in [5.74, 6) is -1.02. The standard InChI is InChI=1S/C45H87O10P/c1-3-5-7-9-11-13-15-17-18-19-20-21-22-23-25-27-29-31-33-35-37-45(49)55-43(39-47)41-53-56(50,51)52-40-42(38-46)54-44(48)36-34-32-30-28-26-24-16-14-12-10-8-6-4-2/h14,16,42-43,46-47H,3-13,15,17-41H2,1-2H3,(H,50,51)/b16-14-. The van der Waals surface area contributed by atoms with Crippen molar-refractivity contribution in [2.45, 2.75) is 238 Å². The van der Waals surface area contributed by atoms with E-state index in [2.05, 4.69) is 26.0 Å². The summed E-state index contributed by atoms with van der Waals surface area (Å²) in [7, 11) is -4.63. The number of rotatable bonds is 44. The van der Waals surface area contributed by atoms with Crippen molar-refractivity contribution in [3.63, 3.8) is 0 Å². The van der Waals surface area contributed by atoms with Gasteiger partial charge in [0.1, 0.15) is 12.2 Å². The third-order valence-electron chi connectivity index (χ3n) is 10.2. The summed E-state index contributed by atoms with van der Waals surface area (Å²) in [6.45, 7) is 2.22. The Bertz CT molecular complexity index is 946. The number of carbonyl (C=O) groups excluding carboxylic acids is 2. The molecule has 3 unspecified atom stereocenters. The van der Waals surface area contributed by atoms with Gasteiger partial charge in [-0.3, -0.25) is 18.6 Å². The molecule has 0 saturated carbocycles. The number of unbranched alkanes of at least 4 members (excludes halogenated alkanes) is 28. The molecule has 0 rings (SSSR count). The molecule has 0 spiro atoms. The van der Waals surface area contributed by atoms with Crippen LogP contribution in [-0.4, -0.2) is 65.7 Å². The number of aliphatic hydroxyl groups is 2. The molecule has 0 aromatic carbocycles. The van der Waals surface area contributed by atoms with Crippen LogP contribution in [0, 0.1) is 0 Å². The van der Waals surface area contributed by atoms with Crippen molar-refractivity contribution in [1.29, 1.82) is 0 Å². The first-order valence-electron chi connectivity index (χ1n) is 23.1. The molecule has 0 radical (unpaired) electrons. The fourth-order valence-corrected chi connectivity index (χ4v) is 7.42. The number of phosphoric acid groups is 1. The highest BCUT2D eigenvalue weighted by atomic mass is 31.2. The number of ether oxygens (including phenoxy) is 2. The summed E-state index contributed by atoms with van der Waals surface area (Å²) in [6.07, 6.45) is 40.4. The van der Waals surface area contributed by atoms with Crippen molar-refractivity contribution in [3.8, 4) is 0 Å². The van der Waals surface area contributed by atoms with E-state index in [0.717, 1.165) is 57.8 Å². The Labute approximate surface area is 343 Å². The van der Waals surface area contributed by atoms with Crippen molar-refractivity contribution in [2.24, 2.45) is 0 Å². The highest BCUT2D eigenvalue weighted by Gasteiger charge is 2.27. The van der Waals surface area contributed by atoms with Gasteiger partial charge in [-0.15, -0.1) is 0 Å². The second-order valence-corrected chi connectivity index (χ2v) is 17.2. The van der Waals surface area contributed by atoms with Gasteiger partial charge in [0, 0.05) is 12.8 Å². The quantitative estimate of drug-likeness (QED) is 0.0235. The number of allylic oxidation sites excluding steroid dienone is 2. The van der Waals surface area contributed by atoms with Crippen molar-refractivity contribution in [2.75, 3.05) is 26.4 Å². The van der Waals surface area contributed by atoms with E-state index in [9.17, 15) is 29.3 Å². The number of hydrogen-bond donors (Lipinski definition) is 3. The molecule has 0 amide bonds. The topological polar surface area (TPSA) is 149 Å². The first-order valence-corrected chi connectivity index (χ1v) is 24.6. The molecule has 56 heavy (non-hydrogen) atoms. The molecule has 0 aromatic rings. The molecule has 332 valence electrons. The first kappa shape index (κ1) is 54.7. The fourth-order valence-electron chi connectivity index (χ4n) is 6.64. The molecule has 0 aliphatic rings.